The van der Waals surface area contributed by atoms with Crippen LogP contribution in [0.1, 0.15) is 4.88 Å². The number of esters is 1. The molecule has 0 radical (unpaired) electrons. The molecule has 0 spiro atoms. The summed E-state index contributed by atoms with van der Waals surface area (Å²) in [6, 6.07) is 5.33. The second kappa shape index (κ2) is 6.83. The van der Waals surface area contributed by atoms with Crippen LogP contribution in [0, 0.1) is 22.7 Å². The second-order valence-corrected chi connectivity index (χ2v) is 5.13. The highest BCUT2D eigenvalue weighted by Gasteiger charge is 2.25. The molecule has 0 aliphatic carbocycles. The summed E-state index contributed by atoms with van der Waals surface area (Å²) in [6.07, 6.45) is 3.54. The minimum absolute atomic E-state index is 0.649. The zero-order valence-corrected chi connectivity index (χ0v) is 12.2. The van der Waals surface area contributed by atoms with E-state index < -0.39 is 11.5 Å². The van der Waals surface area contributed by atoms with E-state index in [0.29, 0.717) is 0 Å². The summed E-state index contributed by atoms with van der Waals surface area (Å²) in [5.41, 5.74) is -1.73. The van der Waals surface area contributed by atoms with Gasteiger partial charge in [0.2, 0.25) is 0 Å². The predicted molar refractivity (Wildman–Crippen MR) is 74.7 cm³/mol. The normalized spacial score (nSPS) is 11.4. The zero-order valence-electron chi connectivity index (χ0n) is 9.83. The van der Waals surface area contributed by atoms with Crippen LogP contribution in [-0.4, -0.2) is 24.8 Å². The van der Waals surface area contributed by atoms with E-state index in [0.717, 1.165) is 21.5 Å². The molecule has 0 fully saturated rings. The van der Waals surface area contributed by atoms with E-state index in [1.807, 2.05) is 5.38 Å². The molecule has 0 amide bonds. The maximum atomic E-state index is 11.0. The molecule has 0 N–H and O–H groups in total. The number of thiophene rings is 1. The molecule has 0 bridgehead atoms. The number of rotatable bonds is 4. The third-order valence-electron chi connectivity index (χ3n) is 1.99. The van der Waals surface area contributed by atoms with Gasteiger partial charge in [0.15, 0.2) is 0 Å². The van der Waals surface area contributed by atoms with Crippen LogP contribution in [0.4, 0.5) is 0 Å². The quantitative estimate of drug-likeness (QED) is 0.479. The lowest BCUT2D eigenvalue weighted by molar-refractivity contribution is -0.134. The molecule has 1 heterocycles. The van der Waals surface area contributed by atoms with Crippen LogP contribution >= 0.6 is 27.3 Å². The number of nitriles is 2. The van der Waals surface area contributed by atoms with Gasteiger partial charge in [-0.2, -0.15) is 10.5 Å². The Balaban J connectivity index is 2.98. The van der Waals surface area contributed by atoms with Gasteiger partial charge in [-0.25, -0.2) is 4.79 Å². The Labute approximate surface area is 122 Å². The van der Waals surface area contributed by atoms with Crippen molar-refractivity contribution in [2.75, 3.05) is 7.11 Å². The van der Waals surface area contributed by atoms with Gasteiger partial charge >= 0.3 is 5.97 Å². The van der Waals surface area contributed by atoms with Gasteiger partial charge in [-0.15, -0.1) is 11.3 Å². The van der Waals surface area contributed by atoms with Gasteiger partial charge in [-0.3, -0.25) is 4.99 Å². The average Bonchev–Trinajstić information content (AvgIpc) is 2.85. The fraction of sp³-hybridized carbons (Fsp3) is 0.167. The van der Waals surface area contributed by atoms with E-state index >= 15 is 0 Å². The van der Waals surface area contributed by atoms with Crippen LogP contribution in [0.25, 0.3) is 0 Å². The molecular formula is C12H8BrN3O2S. The Kier molecular flexibility index (Phi) is 5.43. The third kappa shape index (κ3) is 4.32. The molecule has 0 saturated carbocycles. The van der Waals surface area contributed by atoms with Crippen LogP contribution < -0.4 is 0 Å². The summed E-state index contributed by atoms with van der Waals surface area (Å²) in [5.74, 6) is -0.649. The number of ether oxygens (including phenoxy) is 1. The fourth-order valence-electron chi connectivity index (χ4n) is 1.02. The minimum atomic E-state index is -1.73. The Morgan fingerprint density at radius 2 is 2.26 bits per heavy atom. The van der Waals surface area contributed by atoms with Crippen molar-refractivity contribution in [2.24, 2.45) is 4.99 Å². The Morgan fingerprint density at radius 3 is 2.74 bits per heavy atom. The standard InChI is InChI=1S/C12H8BrN3O2S/c1-18-11(17)2-3-12(7-14,8-15)16-5-10-4-9(13)6-19-10/h2-6H,1H3/b3-2+,16-5?. The highest BCUT2D eigenvalue weighted by molar-refractivity contribution is 9.10. The van der Waals surface area contributed by atoms with Crippen molar-refractivity contribution in [2.45, 2.75) is 5.54 Å². The number of halogens is 1. The van der Waals surface area contributed by atoms with Crippen LogP contribution in [0.5, 0.6) is 0 Å². The van der Waals surface area contributed by atoms with Crippen molar-refractivity contribution in [3.63, 3.8) is 0 Å². The van der Waals surface area contributed by atoms with Gasteiger partial charge in [0.05, 0.1) is 7.11 Å². The predicted octanol–water partition coefficient (Wildman–Crippen LogP) is 2.44. The first-order valence-electron chi connectivity index (χ1n) is 4.94. The molecule has 0 aliphatic rings. The molecule has 0 unspecified atom stereocenters. The van der Waals surface area contributed by atoms with Crippen LogP contribution in [0.2, 0.25) is 0 Å². The molecule has 0 saturated heterocycles. The molecule has 0 aliphatic heterocycles. The van der Waals surface area contributed by atoms with E-state index in [4.69, 9.17) is 10.5 Å². The first-order chi connectivity index (χ1) is 9.05. The first-order valence-corrected chi connectivity index (χ1v) is 6.61. The lowest BCUT2D eigenvalue weighted by Gasteiger charge is -2.06. The lowest BCUT2D eigenvalue weighted by Crippen LogP contribution is -2.19. The first kappa shape index (κ1) is 15.1. The van der Waals surface area contributed by atoms with Crippen molar-refractivity contribution < 1.29 is 9.53 Å². The van der Waals surface area contributed by atoms with Crippen LogP contribution in [-0.2, 0) is 9.53 Å². The molecule has 0 atom stereocenters. The summed E-state index contributed by atoms with van der Waals surface area (Å²) in [5, 5.41) is 20.0. The van der Waals surface area contributed by atoms with Crippen LogP contribution in [0.3, 0.4) is 0 Å². The van der Waals surface area contributed by atoms with Crippen molar-refractivity contribution >= 4 is 39.5 Å². The van der Waals surface area contributed by atoms with Gasteiger partial charge < -0.3 is 4.74 Å². The Morgan fingerprint density at radius 1 is 1.58 bits per heavy atom. The molecule has 19 heavy (non-hydrogen) atoms. The van der Waals surface area contributed by atoms with E-state index in [1.54, 1.807) is 18.2 Å². The molecule has 1 rings (SSSR count). The van der Waals surface area contributed by atoms with E-state index in [1.165, 1.54) is 24.7 Å². The Hall–Kier alpha value is -1.96. The average molecular weight is 338 g/mol. The molecule has 5 nitrogen and oxygen atoms in total. The van der Waals surface area contributed by atoms with Gasteiger partial charge in [0.25, 0.3) is 5.54 Å². The monoisotopic (exact) mass is 337 g/mol. The van der Waals surface area contributed by atoms with Crippen molar-refractivity contribution in [3.05, 3.63) is 32.9 Å². The summed E-state index contributed by atoms with van der Waals surface area (Å²) in [4.78, 5) is 15.7. The van der Waals surface area contributed by atoms with Crippen molar-refractivity contribution in [1.29, 1.82) is 10.5 Å². The number of carbonyl (C=O) groups is 1. The molecule has 0 aromatic carbocycles. The van der Waals surface area contributed by atoms with E-state index in [9.17, 15) is 4.79 Å². The number of carbonyl (C=O) groups excluding carboxylic acids is 1. The summed E-state index contributed by atoms with van der Waals surface area (Å²) >= 11 is 4.70. The van der Waals surface area contributed by atoms with Gasteiger partial charge in [0, 0.05) is 27.0 Å². The third-order valence-corrected chi connectivity index (χ3v) is 3.61. The maximum absolute atomic E-state index is 11.0. The smallest absolute Gasteiger partial charge is 0.330 e. The number of hydrogen-bond donors (Lipinski definition) is 0. The van der Waals surface area contributed by atoms with Crippen molar-refractivity contribution in [1.82, 2.24) is 0 Å². The highest BCUT2D eigenvalue weighted by atomic mass is 79.9. The minimum Gasteiger partial charge on any atom is -0.466 e. The van der Waals surface area contributed by atoms with Gasteiger partial charge in [-0.05, 0) is 28.1 Å². The second-order valence-electron chi connectivity index (χ2n) is 3.27. The number of hydrogen-bond acceptors (Lipinski definition) is 6. The van der Waals surface area contributed by atoms with E-state index in [2.05, 4.69) is 25.7 Å². The molecule has 1 aromatic heterocycles. The largest absolute Gasteiger partial charge is 0.466 e. The lowest BCUT2D eigenvalue weighted by atomic mass is 10.0. The number of methoxy groups -OCH3 is 1. The molecule has 7 heteroatoms. The van der Waals surface area contributed by atoms with Crippen LogP contribution in [0.15, 0.2) is 33.1 Å². The molecule has 1 aromatic rings. The maximum Gasteiger partial charge on any atom is 0.330 e. The summed E-state index contributed by atoms with van der Waals surface area (Å²) in [6.45, 7) is 0. The molecule has 96 valence electrons. The highest BCUT2D eigenvalue weighted by Crippen LogP contribution is 2.19. The Bertz CT molecular complexity index is 593. The summed E-state index contributed by atoms with van der Waals surface area (Å²) in [7, 11) is 1.21. The fourth-order valence-corrected chi connectivity index (χ4v) is 2.32. The molecular weight excluding hydrogens is 330 g/mol. The van der Waals surface area contributed by atoms with Crippen molar-refractivity contribution in [3.8, 4) is 12.1 Å². The van der Waals surface area contributed by atoms with Gasteiger partial charge in [-0.1, -0.05) is 0 Å². The number of aliphatic imine (C=N–C) groups is 1. The SMILES string of the molecule is COC(=O)/C=C/C(C#N)(C#N)N=Cc1cc(Br)cs1. The van der Waals surface area contributed by atoms with E-state index in [-0.39, 0.29) is 0 Å². The number of nitrogens with zero attached hydrogens (tertiary/aromatic N) is 3. The summed E-state index contributed by atoms with van der Waals surface area (Å²) < 4.78 is 5.29. The zero-order chi connectivity index (χ0) is 14.3. The topological polar surface area (TPSA) is 86.2 Å². The van der Waals surface area contributed by atoms with Gasteiger partial charge in [0.1, 0.15) is 12.1 Å².